The van der Waals surface area contributed by atoms with Crippen molar-refractivity contribution >= 4 is 87.4 Å². The number of benzene rings is 7. The zero-order valence-electron chi connectivity index (χ0n) is 30.6. The van der Waals surface area contributed by atoms with E-state index in [9.17, 15) is 25.9 Å². The summed E-state index contributed by atoms with van der Waals surface area (Å²) in [4.78, 5) is 3.56. The van der Waals surface area contributed by atoms with E-state index in [0.29, 0.717) is 28.0 Å². The number of hydrogen-bond acceptors (Lipinski definition) is 6. The van der Waals surface area contributed by atoms with Crippen LogP contribution < -0.4 is 0 Å². The first kappa shape index (κ1) is 34.3. The van der Waals surface area contributed by atoms with Gasteiger partial charge < -0.3 is 0 Å². The quantitative estimate of drug-likeness (QED) is 0.0885. The first-order valence-corrected chi connectivity index (χ1v) is 21.0. The van der Waals surface area contributed by atoms with E-state index < -0.39 is 20.2 Å². The maximum absolute atomic E-state index is 12.5. The van der Waals surface area contributed by atoms with Crippen molar-refractivity contribution in [2.24, 2.45) is 10.2 Å². The Kier molecular flexibility index (Phi) is 6.96. The number of hydrogen-bond donors (Lipinski definition) is 2. The Balaban J connectivity index is 0.822. The van der Waals surface area contributed by atoms with Gasteiger partial charge in [0.25, 0.3) is 20.2 Å². The van der Waals surface area contributed by atoms with Crippen molar-refractivity contribution in [3.05, 3.63) is 144 Å². The van der Waals surface area contributed by atoms with E-state index in [-0.39, 0.29) is 9.79 Å². The summed E-state index contributed by atoms with van der Waals surface area (Å²) < 4.78 is 76.0. The average Bonchev–Trinajstić information content (AvgIpc) is 4.06. The van der Waals surface area contributed by atoms with Crippen molar-refractivity contribution < 1.29 is 25.9 Å². The maximum atomic E-state index is 12.5. The van der Waals surface area contributed by atoms with Crippen LogP contribution in [0.4, 0.5) is 11.4 Å². The molecule has 0 bridgehead atoms. The van der Waals surface area contributed by atoms with E-state index in [1.165, 1.54) is 18.2 Å². The Hall–Kier alpha value is -6.98. The molecule has 0 atom stereocenters. The van der Waals surface area contributed by atoms with Crippen molar-refractivity contribution in [3.8, 4) is 11.4 Å². The van der Waals surface area contributed by atoms with Gasteiger partial charge in [0.05, 0.1) is 27.6 Å². The Morgan fingerprint density at radius 1 is 0.569 bits per heavy atom. The van der Waals surface area contributed by atoms with Gasteiger partial charge in [-0.15, -0.1) is 18.5 Å². The molecule has 0 saturated heterocycles. The van der Waals surface area contributed by atoms with Gasteiger partial charge in [-0.05, 0) is 108 Å². The largest absolute Gasteiger partial charge is 0.295 e. The SMILES string of the molecule is Cc1cc(-n2n3c4ccc5cc(S(=O)(=O)O)ccc5c4n23)c(C)cc1N=Nc1ccc(C=Cc2ccc(-n3n4c5ccc6ccccc6c5n34)cc2S(=O)(=O)O)cc1. The van der Waals surface area contributed by atoms with Crippen molar-refractivity contribution in [3.63, 3.8) is 0 Å². The highest BCUT2D eigenvalue weighted by atomic mass is 32.2. The summed E-state index contributed by atoms with van der Waals surface area (Å²) in [7, 11) is -8.84. The van der Waals surface area contributed by atoms with Gasteiger partial charge in [0.1, 0.15) is 27.0 Å². The third-order valence-electron chi connectivity index (χ3n) is 10.8. The minimum atomic E-state index is -4.54. The molecule has 0 fully saturated rings. The molecule has 7 aromatic carbocycles. The van der Waals surface area contributed by atoms with Crippen LogP contribution in [0.15, 0.2) is 141 Å². The smallest absolute Gasteiger partial charge is 0.282 e. The molecule has 0 unspecified atom stereocenters. The van der Waals surface area contributed by atoms with Crippen LogP contribution in [-0.2, 0) is 20.2 Å². The summed E-state index contributed by atoms with van der Waals surface area (Å²) in [5.74, 6) is 0. The lowest BCUT2D eigenvalue weighted by molar-refractivity contribution is 0.481. The molecule has 0 aliphatic rings. The minimum absolute atomic E-state index is 0.144. The zero-order chi connectivity index (χ0) is 39.8. The second kappa shape index (κ2) is 11.8. The Labute approximate surface area is 329 Å². The van der Waals surface area contributed by atoms with Crippen LogP contribution in [0.2, 0.25) is 0 Å². The molecular formula is C42H30N8O6S2. The predicted octanol–water partition coefficient (Wildman–Crippen LogP) is 9.16. The molecule has 286 valence electrons. The highest BCUT2D eigenvalue weighted by molar-refractivity contribution is 7.86. The van der Waals surface area contributed by atoms with Crippen molar-refractivity contribution in [1.82, 2.24) is 28.1 Å². The van der Waals surface area contributed by atoms with Gasteiger partial charge in [-0.25, -0.2) is 0 Å². The van der Waals surface area contributed by atoms with Crippen LogP contribution in [0.25, 0.3) is 67.1 Å². The summed E-state index contributed by atoms with van der Waals surface area (Å²) >= 11 is 0. The highest BCUT2D eigenvalue weighted by Crippen LogP contribution is 2.37. The molecule has 0 aliphatic heterocycles. The van der Waals surface area contributed by atoms with Gasteiger partial charge in [-0.3, -0.25) is 9.11 Å². The fraction of sp³-hybridized carbons (Fsp3) is 0.0476. The number of azo groups is 1. The molecule has 0 radical (unpaired) electrons. The predicted molar refractivity (Wildman–Crippen MR) is 221 cm³/mol. The number of nitrogens with zero attached hydrogens (tertiary/aromatic N) is 8. The van der Waals surface area contributed by atoms with E-state index in [1.807, 2.05) is 115 Å². The molecule has 0 amide bonds. The molecule has 16 heteroatoms. The highest BCUT2D eigenvalue weighted by Gasteiger charge is 2.29. The number of fused-ring (bicyclic) bond motifs is 12. The third kappa shape index (κ3) is 5.16. The minimum Gasteiger partial charge on any atom is -0.282 e. The average molecular weight is 807 g/mol. The Morgan fingerprint density at radius 2 is 1.26 bits per heavy atom. The van der Waals surface area contributed by atoms with Crippen molar-refractivity contribution in [1.29, 1.82) is 0 Å². The number of aromatic nitrogens is 6. The van der Waals surface area contributed by atoms with Gasteiger partial charge in [0.2, 0.25) is 0 Å². The fourth-order valence-corrected chi connectivity index (χ4v) is 9.09. The summed E-state index contributed by atoms with van der Waals surface area (Å²) in [6, 6.07) is 36.9. The summed E-state index contributed by atoms with van der Waals surface area (Å²) in [6.07, 6.45) is 3.43. The monoisotopic (exact) mass is 806 g/mol. The third-order valence-corrected chi connectivity index (χ3v) is 12.6. The van der Waals surface area contributed by atoms with E-state index in [4.69, 9.17) is 0 Å². The van der Waals surface area contributed by atoms with Crippen LogP contribution in [0.5, 0.6) is 0 Å². The van der Waals surface area contributed by atoms with Gasteiger partial charge in [-0.2, -0.15) is 36.7 Å². The topological polar surface area (TPSA) is 161 Å². The van der Waals surface area contributed by atoms with Crippen LogP contribution in [0, 0.1) is 13.8 Å². The van der Waals surface area contributed by atoms with E-state index in [2.05, 4.69) is 28.4 Å². The van der Waals surface area contributed by atoms with Gasteiger partial charge in [0.15, 0.2) is 0 Å². The first-order valence-electron chi connectivity index (χ1n) is 18.1. The maximum Gasteiger partial charge on any atom is 0.295 e. The molecule has 14 nitrogen and oxygen atoms in total. The van der Waals surface area contributed by atoms with Gasteiger partial charge >= 0.3 is 0 Å². The van der Waals surface area contributed by atoms with Crippen molar-refractivity contribution in [2.45, 2.75) is 23.6 Å². The molecule has 2 N–H and O–H groups in total. The Bertz CT molecular complexity index is 3760. The van der Waals surface area contributed by atoms with E-state index in [1.54, 1.807) is 24.3 Å². The van der Waals surface area contributed by atoms with Crippen LogP contribution in [0.3, 0.4) is 0 Å². The van der Waals surface area contributed by atoms with E-state index in [0.717, 1.165) is 60.6 Å². The van der Waals surface area contributed by atoms with Gasteiger partial charge in [0, 0.05) is 10.8 Å². The summed E-state index contributed by atoms with van der Waals surface area (Å²) in [5.41, 5.74) is 9.96. The Morgan fingerprint density at radius 3 is 2.00 bits per heavy atom. The lowest BCUT2D eigenvalue weighted by atomic mass is 10.1. The van der Waals surface area contributed by atoms with Crippen LogP contribution >= 0.6 is 0 Å². The normalized spacial score (nSPS) is 13.3. The lowest BCUT2D eigenvalue weighted by Crippen LogP contribution is -2.02. The van der Waals surface area contributed by atoms with Gasteiger partial charge in [-0.1, -0.05) is 72.8 Å². The fourth-order valence-electron chi connectivity index (χ4n) is 7.87. The first-order chi connectivity index (χ1) is 27.8. The number of rotatable bonds is 8. The lowest BCUT2D eigenvalue weighted by Gasteiger charge is -2.05. The molecule has 58 heavy (non-hydrogen) atoms. The molecule has 11 aromatic rings. The van der Waals surface area contributed by atoms with Crippen LogP contribution in [0.1, 0.15) is 22.3 Å². The van der Waals surface area contributed by atoms with Crippen LogP contribution in [-0.4, -0.2) is 54.1 Å². The molecular weight excluding hydrogens is 777 g/mol. The molecule has 11 rings (SSSR count). The number of aryl methyl sites for hydroxylation is 2. The molecule has 4 heterocycles. The van der Waals surface area contributed by atoms with Crippen molar-refractivity contribution in [2.75, 3.05) is 0 Å². The second-order valence-corrected chi connectivity index (χ2v) is 17.2. The summed E-state index contributed by atoms with van der Waals surface area (Å²) in [5, 5.41) is 12.8. The zero-order valence-corrected chi connectivity index (χ0v) is 32.3. The standard InChI is InChI=1S/C42H30N8O6S2/c1-25-22-39(48-47-38-20-13-30-23-33(57(51,52)53)17-18-35(30)42(38)50(47)48)26(2)21-36(25)44-43-31-14-8-27(9-15-31)7-10-29-11-16-32(24-40(29)58(54,55)56)45-46-37-19-12-28-5-3-4-6-34(28)41(37)49(45)46/h3-24H,1-2H3,(H,51,52,53)(H,54,55,56). The molecule has 0 saturated carbocycles. The summed E-state index contributed by atoms with van der Waals surface area (Å²) in [6.45, 7) is 3.97. The molecule has 4 aromatic heterocycles. The molecule has 0 aliphatic carbocycles. The second-order valence-electron chi connectivity index (χ2n) is 14.4. The molecule has 0 spiro atoms. The van der Waals surface area contributed by atoms with E-state index >= 15 is 0 Å².